The van der Waals surface area contributed by atoms with Gasteiger partial charge in [0.25, 0.3) is 0 Å². The average Bonchev–Trinajstić information content (AvgIpc) is 2.32. The predicted octanol–water partition coefficient (Wildman–Crippen LogP) is 2.93. The summed E-state index contributed by atoms with van der Waals surface area (Å²) >= 11 is 0. The zero-order chi connectivity index (χ0) is 14.9. The van der Waals surface area contributed by atoms with E-state index in [0.29, 0.717) is 18.2 Å². The van der Waals surface area contributed by atoms with Gasteiger partial charge in [-0.3, -0.25) is 5.84 Å². The molecule has 2 nitrogen and oxygen atoms in total. The Morgan fingerprint density at radius 3 is 1.65 bits per heavy atom. The van der Waals surface area contributed by atoms with Crippen molar-refractivity contribution >= 4 is 0 Å². The van der Waals surface area contributed by atoms with Crippen LogP contribution in [0.3, 0.4) is 0 Å². The van der Waals surface area contributed by atoms with Gasteiger partial charge >= 0.3 is 0 Å². The lowest BCUT2D eigenvalue weighted by Gasteiger charge is -2.18. The first-order valence-corrected chi connectivity index (χ1v) is 5.49. The highest BCUT2D eigenvalue weighted by Crippen LogP contribution is 2.28. The molecule has 2 aromatic carbocycles. The molecule has 0 aliphatic carbocycles. The second-order valence-corrected chi connectivity index (χ2v) is 4.09. The molecule has 0 heterocycles. The maximum atomic E-state index is 13.7. The number of hydrogen-bond acceptors (Lipinski definition) is 2. The van der Waals surface area contributed by atoms with Gasteiger partial charge in [0.15, 0.2) is 0 Å². The zero-order valence-electron chi connectivity index (χ0n) is 9.93. The molecule has 0 spiro atoms. The van der Waals surface area contributed by atoms with Crippen molar-refractivity contribution < 1.29 is 22.0 Å². The van der Waals surface area contributed by atoms with Crippen LogP contribution in [-0.2, 0) is 0 Å². The van der Waals surface area contributed by atoms with Crippen LogP contribution in [0.5, 0.6) is 0 Å². The number of hydrazine groups is 1. The molecule has 0 aliphatic heterocycles. The Kier molecular flexibility index (Phi) is 4.01. The van der Waals surface area contributed by atoms with E-state index in [4.69, 9.17) is 5.84 Å². The summed E-state index contributed by atoms with van der Waals surface area (Å²) in [7, 11) is 0. The normalized spacial score (nSPS) is 12.5. The topological polar surface area (TPSA) is 38.0 Å². The van der Waals surface area contributed by atoms with Crippen LogP contribution in [0.4, 0.5) is 22.0 Å². The van der Waals surface area contributed by atoms with Crippen molar-refractivity contribution in [2.45, 2.75) is 6.04 Å². The number of nitrogens with two attached hydrogens (primary N) is 1. The van der Waals surface area contributed by atoms with E-state index in [1.54, 1.807) is 0 Å². The SMILES string of the molecule is NNC(c1cc(F)cc(F)c1)c1c(F)cc(F)cc1F. The molecule has 0 aliphatic rings. The molecular formula is C13H9F5N2. The standard InChI is InChI=1S/C13H9F5N2/c14-7-1-6(2-8(15)3-7)13(20-19)12-10(17)4-9(16)5-11(12)18/h1-5,13,20H,19H2. The maximum Gasteiger partial charge on any atom is 0.134 e. The van der Waals surface area contributed by atoms with Crippen molar-refractivity contribution in [1.82, 2.24) is 5.43 Å². The molecule has 0 bridgehead atoms. The molecule has 1 atom stereocenters. The molecule has 0 fully saturated rings. The van der Waals surface area contributed by atoms with Gasteiger partial charge in [0.2, 0.25) is 0 Å². The van der Waals surface area contributed by atoms with Crippen LogP contribution in [0.25, 0.3) is 0 Å². The van der Waals surface area contributed by atoms with Crippen molar-refractivity contribution in [1.29, 1.82) is 0 Å². The van der Waals surface area contributed by atoms with Crippen LogP contribution in [0.2, 0.25) is 0 Å². The summed E-state index contributed by atoms with van der Waals surface area (Å²) in [5.74, 6) is -0.197. The molecule has 0 aromatic heterocycles. The van der Waals surface area contributed by atoms with Crippen molar-refractivity contribution in [2.75, 3.05) is 0 Å². The fourth-order valence-electron chi connectivity index (χ4n) is 1.92. The molecule has 106 valence electrons. The smallest absolute Gasteiger partial charge is 0.134 e. The lowest BCUT2D eigenvalue weighted by atomic mass is 9.98. The second kappa shape index (κ2) is 5.56. The van der Waals surface area contributed by atoms with E-state index in [0.717, 1.165) is 12.1 Å². The van der Waals surface area contributed by atoms with Gasteiger partial charge in [0.1, 0.15) is 29.1 Å². The van der Waals surface area contributed by atoms with E-state index in [2.05, 4.69) is 5.43 Å². The number of benzene rings is 2. The van der Waals surface area contributed by atoms with Gasteiger partial charge in [-0.15, -0.1) is 0 Å². The quantitative estimate of drug-likeness (QED) is 0.518. The summed E-state index contributed by atoms with van der Waals surface area (Å²) in [6, 6.07) is 1.90. The number of rotatable bonds is 3. The molecule has 0 amide bonds. The van der Waals surface area contributed by atoms with Crippen molar-refractivity contribution in [3.8, 4) is 0 Å². The predicted molar refractivity (Wildman–Crippen MR) is 61.8 cm³/mol. The first kappa shape index (κ1) is 14.4. The van der Waals surface area contributed by atoms with Gasteiger partial charge in [-0.1, -0.05) is 0 Å². The Balaban J connectivity index is 2.58. The molecule has 2 aromatic rings. The summed E-state index contributed by atoms with van der Waals surface area (Å²) in [5.41, 5.74) is 1.30. The van der Waals surface area contributed by atoms with Crippen LogP contribution < -0.4 is 11.3 Å². The van der Waals surface area contributed by atoms with Gasteiger partial charge in [0.05, 0.1) is 6.04 Å². The van der Waals surface area contributed by atoms with E-state index in [9.17, 15) is 22.0 Å². The molecule has 2 rings (SSSR count). The molecular weight excluding hydrogens is 279 g/mol. The fourth-order valence-corrected chi connectivity index (χ4v) is 1.92. The third-order valence-corrected chi connectivity index (χ3v) is 2.72. The van der Waals surface area contributed by atoms with Gasteiger partial charge in [-0.2, -0.15) is 0 Å². The first-order chi connectivity index (χ1) is 9.42. The molecule has 0 radical (unpaired) electrons. The van der Waals surface area contributed by atoms with Crippen LogP contribution in [-0.4, -0.2) is 0 Å². The summed E-state index contributed by atoms with van der Waals surface area (Å²) in [6.45, 7) is 0. The van der Waals surface area contributed by atoms with Crippen molar-refractivity contribution in [2.24, 2.45) is 5.84 Å². The minimum absolute atomic E-state index is 0.130. The van der Waals surface area contributed by atoms with E-state index < -0.39 is 40.7 Å². The lowest BCUT2D eigenvalue weighted by Crippen LogP contribution is -2.30. The third kappa shape index (κ3) is 2.78. The summed E-state index contributed by atoms with van der Waals surface area (Å²) < 4.78 is 66.5. The molecule has 1 unspecified atom stereocenters. The van der Waals surface area contributed by atoms with Crippen LogP contribution in [0, 0.1) is 29.1 Å². The Morgan fingerprint density at radius 1 is 0.750 bits per heavy atom. The molecule has 0 saturated carbocycles. The van der Waals surface area contributed by atoms with Gasteiger partial charge in [-0.25, -0.2) is 27.4 Å². The number of hydrogen-bond donors (Lipinski definition) is 2. The Labute approximate surface area is 111 Å². The van der Waals surface area contributed by atoms with Gasteiger partial charge < -0.3 is 0 Å². The van der Waals surface area contributed by atoms with Gasteiger partial charge in [0, 0.05) is 23.8 Å². The number of nitrogens with one attached hydrogen (secondary N) is 1. The lowest BCUT2D eigenvalue weighted by molar-refractivity contribution is 0.488. The van der Waals surface area contributed by atoms with E-state index >= 15 is 0 Å². The van der Waals surface area contributed by atoms with E-state index in [1.165, 1.54) is 0 Å². The monoisotopic (exact) mass is 288 g/mol. The van der Waals surface area contributed by atoms with Crippen LogP contribution >= 0.6 is 0 Å². The minimum atomic E-state index is -1.36. The largest absolute Gasteiger partial charge is 0.271 e. The van der Waals surface area contributed by atoms with E-state index in [-0.39, 0.29) is 5.56 Å². The molecule has 0 saturated heterocycles. The highest BCUT2D eigenvalue weighted by atomic mass is 19.2. The Bertz CT molecular complexity index is 601. The highest BCUT2D eigenvalue weighted by Gasteiger charge is 2.23. The Morgan fingerprint density at radius 2 is 1.20 bits per heavy atom. The van der Waals surface area contributed by atoms with Crippen molar-refractivity contribution in [3.05, 3.63) is 70.5 Å². The first-order valence-electron chi connectivity index (χ1n) is 5.49. The van der Waals surface area contributed by atoms with Crippen LogP contribution in [0.15, 0.2) is 30.3 Å². The zero-order valence-corrected chi connectivity index (χ0v) is 9.93. The molecule has 7 heteroatoms. The number of halogens is 5. The molecule has 20 heavy (non-hydrogen) atoms. The van der Waals surface area contributed by atoms with Gasteiger partial charge in [-0.05, 0) is 17.7 Å². The second-order valence-electron chi connectivity index (χ2n) is 4.09. The maximum absolute atomic E-state index is 13.7. The summed E-state index contributed by atoms with van der Waals surface area (Å²) in [6.07, 6.45) is 0. The van der Waals surface area contributed by atoms with Crippen LogP contribution in [0.1, 0.15) is 17.2 Å². The third-order valence-electron chi connectivity index (χ3n) is 2.72. The average molecular weight is 288 g/mol. The summed E-state index contributed by atoms with van der Waals surface area (Å²) in [5, 5.41) is 0. The molecule has 3 N–H and O–H groups in total. The Hall–Kier alpha value is -1.99. The fraction of sp³-hybridized carbons (Fsp3) is 0.0769. The van der Waals surface area contributed by atoms with E-state index in [1.807, 2.05) is 0 Å². The van der Waals surface area contributed by atoms with Crippen molar-refractivity contribution in [3.63, 3.8) is 0 Å². The highest BCUT2D eigenvalue weighted by molar-refractivity contribution is 5.34. The minimum Gasteiger partial charge on any atom is -0.271 e. The summed E-state index contributed by atoms with van der Waals surface area (Å²) in [4.78, 5) is 0.